The molecule has 0 aliphatic rings. The summed E-state index contributed by atoms with van der Waals surface area (Å²) < 4.78 is 28.7. The first kappa shape index (κ1) is 18.2. The molecule has 1 aromatic rings. The number of unbranched alkanes of at least 4 members (excludes halogenated alkanes) is 2. The van der Waals surface area contributed by atoms with Crippen LogP contribution in [0.2, 0.25) is 0 Å². The van der Waals surface area contributed by atoms with E-state index in [-0.39, 0.29) is 0 Å². The van der Waals surface area contributed by atoms with Crippen LogP contribution >= 0.6 is 0 Å². The number of rotatable bonds is 10. The fourth-order valence-electron chi connectivity index (χ4n) is 2.33. The van der Waals surface area contributed by atoms with Crippen LogP contribution in [0.5, 0.6) is 0 Å². The Labute approximate surface area is 129 Å². The smallest absolute Gasteiger partial charge is 0.244 e. The van der Waals surface area contributed by atoms with E-state index in [1.54, 1.807) is 19.3 Å². The van der Waals surface area contributed by atoms with Gasteiger partial charge in [0.2, 0.25) is 10.0 Å². The van der Waals surface area contributed by atoms with Crippen LogP contribution in [0.15, 0.2) is 17.2 Å². The van der Waals surface area contributed by atoms with Gasteiger partial charge in [0, 0.05) is 38.6 Å². The van der Waals surface area contributed by atoms with Crippen molar-refractivity contribution >= 4 is 10.0 Å². The summed E-state index contributed by atoms with van der Waals surface area (Å²) in [7, 11) is 0.163. The summed E-state index contributed by atoms with van der Waals surface area (Å²) >= 11 is 0. The number of nitrogens with one attached hydrogen (secondary N) is 1. The Balaban J connectivity index is 2.93. The van der Waals surface area contributed by atoms with Gasteiger partial charge in [0.25, 0.3) is 0 Å². The highest BCUT2D eigenvalue weighted by Gasteiger charge is 2.23. The second-order valence-corrected chi connectivity index (χ2v) is 7.47. The molecular weight excluding hydrogens is 286 g/mol. The zero-order valence-corrected chi connectivity index (χ0v) is 14.5. The quantitative estimate of drug-likeness (QED) is 0.675. The van der Waals surface area contributed by atoms with Crippen molar-refractivity contribution in [1.82, 2.24) is 14.2 Å². The van der Waals surface area contributed by atoms with Crippen LogP contribution in [-0.2, 0) is 23.1 Å². The van der Waals surface area contributed by atoms with E-state index in [9.17, 15) is 8.42 Å². The molecule has 0 spiro atoms. The van der Waals surface area contributed by atoms with Gasteiger partial charge in [-0.15, -0.1) is 0 Å². The average Bonchev–Trinajstić information content (AvgIpc) is 2.84. The van der Waals surface area contributed by atoms with E-state index >= 15 is 0 Å². The molecule has 0 bridgehead atoms. The fraction of sp³-hybridized carbons (Fsp3) is 0.733. The van der Waals surface area contributed by atoms with Crippen molar-refractivity contribution in [3.05, 3.63) is 18.0 Å². The lowest BCUT2D eigenvalue weighted by molar-refractivity contribution is 0.454. The summed E-state index contributed by atoms with van der Waals surface area (Å²) in [6, 6.07) is 1.79. The monoisotopic (exact) mass is 315 g/mol. The van der Waals surface area contributed by atoms with Gasteiger partial charge in [-0.25, -0.2) is 12.7 Å². The molecule has 1 N–H and O–H groups in total. The molecule has 0 aliphatic carbocycles. The van der Waals surface area contributed by atoms with E-state index in [4.69, 9.17) is 0 Å². The second kappa shape index (κ2) is 8.56. The lowest BCUT2D eigenvalue weighted by Gasteiger charge is -2.15. The van der Waals surface area contributed by atoms with E-state index in [1.807, 2.05) is 11.6 Å². The molecule has 0 atom stereocenters. The summed E-state index contributed by atoms with van der Waals surface area (Å²) in [5.41, 5.74) is 1.01. The molecule has 5 nitrogen and oxygen atoms in total. The normalized spacial score (nSPS) is 12.2. The van der Waals surface area contributed by atoms with Gasteiger partial charge >= 0.3 is 0 Å². The third kappa shape index (κ3) is 4.83. The van der Waals surface area contributed by atoms with Crippen molar-refractivity contribution in [2.75, 3.05) is 20.6 Å². The van der Waals surface area contributed by atoms with Crippen molar-refractivity contribution in [2.24, 2.45) is 0 Å². The maximum absolute atomic E-state index is 12.6. The number of aromatic nitrogens is 1. The zero-order valence-electron chi connectivity index (χ0n) is 13.7. The molecule has 0 unspecified atom stereocenters. The van der Waals surface area contributed by atoms with Crippen LogP contribution in [0.1, 0.15) is 45.2 Å². The highest BCUT2D eigenvalue weighted by molar-refractivity contribution is 7.89. The summed E-state index contributed by atoms with van der Waals surface area (Å²) in [4.78, 5) is 0.403. The standard InChI is InChI=1S/C15H29N3O2S/c1-5-7-8-10-17(4)21(19,20)15-11-14(12-16-3)18(13-15)9-6-2/h11,13,16H,5-10,12H2,1-4H3. The predicted molar refractivity (Wildman–Crippen MR) is 86.8 cm³/mol. The minimum absolute atomic E-state index is 0.403. The Morgan fingerprint density at radius 2 is 1.95 bits per heavy atom. The molecule has 1 rings (SSSR count). The van der Waals surface area contributed by atoms with Gasteiger partial charge in [0.05, 0.1) is 0 Å². The highest BCUT2D eigenvalue weighted by atomic mass is 32.2. The number of nitrogens with zero attached hydrogens (tertiary/aromatic N) is 2. The number of hydrogen-bond acceptors (Lipinski definition) is 3. The molecule has 0 aromatic carbocycles. The minimum atomic E-state index is -3.37. The molecule has 1 aromatic heterocycles. The molecule has 1 heterocycles. The van der Waals surface area contributed by atoms with Crippen molar-refractivity contribution in [2.45, 2.75) is 57.5 Å². The summed E-state index contributed by atoms with van der Waals surface area (Å²) in [5.74, 6) is 0. The molecule has 0 amide bonds. The number of sulfonamides is 1. The SMILES string of the molecule is CCCCCN(C)S(=O)(=O)c1cc(CNC)n(CCC)c1. The molecule has 21 heavy (non-hydrogen) atoms. The van der Waals surface area contributed by atoms with Crippen LogP contribution in [-0.4, -0.2) is 37.9 Å². The third-order valence-corrected chi connectivity index (χ3v) is 5.39. The summed E-state index contributed by atoms with van der Waals surface area (Å²) in [6.45, 7) is 6.30. The molecule has 6 heteroatoms. The van der Waals surface area contributed by atoms with Crippen molar-refractivity contribution < 1.29 is 8.42 Å². The lowest BCUT2D eigenvalue weighted by Crippen LogP contribution is -2.27. The highest BCUT2D eigenvalue weighted by Crippen LogP contribution is 2.19. The first-order valence-corrected chi connectivity index (χ1v) is 9.21. The maximum atomic E-state index is 12.6. The van der Waals surface area contributed by atoms with E-state index < -0.39 is 10.0 Å². The summed E-state index contributed by atoms with van der Waals surface area (Å²) in [5, 5.41) is 3.09. The lowest BCUT2D eigenvalue weighted by atomic mass is 10.2. The van der Waals surface area contributed by atoms with Gasteiger partial charge in [-0.1, -0.05) is 26.7 Å². The van der Waals surface area contributed by atoms with Crippen LogP contribution in [0, 0.1) is 0 Å². The van der Waals surface area contributed by atoms with E-state index in [1.165, 1.54) is 4.31 Å². The Morgan fingerprint density at radius 1 is 1.24 bits per heavy atom. The van der Waals surface area contributed by atoms with Gasteiger partial charge in [-0.2, -0.15) is 0 Å². The molecule has 0 radical (unpaired) electrons. The number of aryl methyl sites for hydroxylation is 1. The largest absolute Gasteiger partial charge is 0.349 e. The minimum Gasteiger partial charge on any atom is -0.349 e. The van der Waals surface area contributed by atoms with E-state index in [0.29, 0.717) is 18.0 Å². The van der Waals surface area contributed by atoms with Crippen molar-refractivity contribution in [1.29, 1.82) is 0 Å². The van der Waals surface area contributed by atoms with Gasteiger partial charge in [-0.05, 0) is 26.0 Å². The molecule has 0 aliphatic heterocycles. The topological polar surface area (TPSA) is 54.3 Å². The second-order valence-electron chi connectivity index (χ2n) is 5.42. The van der Waals surface area contributed by atoms with Crippen LogP contribution in [0.25, 0.3) is 0 Å². The Morgan fingerprint density at radius 3 is 2.52 bits per heavy atom. The van der Waals surface area contributed by atoms with Crippen LogP contribution in [0.4, 0.5) is 0 Å². The molecule has 0 fully saturated rings. The number of hydrogen-bond donors (Lipinski definition) is 1. The Kier molecular flexibility index (Phi) is 7.42. The first-order valence-electron chi connectivity index (χ1n) is 7.77. The maximum Gasteiger partial charge on any atom is 0.244 e. The molecule has 0 saturated heterocycles. The zero-order chi connectivity index (χ0) is 15.9. The summed E-state index contributed by atoms with van der Waals surface area (Å²) in [6.07, 6.45) is 5.80. The average molecular weight is 315 g/mol. The van der Waals surface area contributed by atoms with Gasteiger partial charge in [-0.3, -0.25) is 0 Å². The molecule has 122 valence electrons. The van der Waals surface area contributed by atoms with E-state index in [0.717, 1.165) is 37.9 Å². The van der Waals surface area contributed by atoms with Crippen molar-refractivity contribution in [3.8, 4) is 0 Å². The van der Waals surface area contributed by atoms with E-state index in [2.05, 4.69) is 19.2 Å². The van der Waals surface area contributed by atoms with Gasteiger partial charge < -0.3 is 9.88 Å². The van der Waals surface area contributed by atoms with Crippen LogP contribution < -0.4 is 5.32 Å². The third-order valence-electron chi connectivity index (χ3n) is 3.57. The molecular formula is C15H29N3O2S. The van der Waals surface area contributed by atoms with Crippen LogP contribution in [0.3, 0.4) is 0 Å². The molecule has 0 saturated carbocycles. The first-order chi connectivity index (χ1) is 9.97. The fourth-order valence-corrected chi connectivity index (χ4v) is 3.60. The van der Waals surface area contributed by atoms with Gasteiger partial charge in [0.1, 0.15) is 4.90 Å². The Bertz CT molecular complexity index is 500. The van der Waals surface area contributed by atoms with Crippen molar-refractivity contribution in [3.63, 3.8) is 0 Å². The van der Waals surface area contributed by atoms with Gasteiger partial charge in [0.15, 0.2) is 0 Å². The predicted octanol–water partition coefficient (Wildman–Crippen LogP) is 2.43. The Hall–Kier alpha value is -0.850.